The molecule has 0 radical (unpaired) electrons. The van der Waals surface area contributed by atoms with E-state index in [1.165, 1.54) is 12.1 Å². The molecule has 110 valence electrons. The molecule has 0 spiro atoms. The Balaban J connectivity index is 1.88. The van der Waals surface area contributed by atoms with Gasteiger partial charge in [0.25, 0.3) is 0 Å². The van der Waals surface area contributed by atoms with E-state index in [0.29, 0.717) is 0 Å². The Morgan fingerprint density at radius 3 is 2.43 bits per heavy atom. The number of urea groups is 1. The van der Waals surface area contributed by atoms with Crippen LogP contribution in [0.3, 0.4) is 0 Å². The van der Waals surface area contributed by atoms with Gasteiger partial charge in [-0.1, -0.05) is 6.07 Å². The Morgan fingerprint density at radius 2 is 1.86 bits per heavy atom. The molecule has 7 heteroatoms. The van der Waals surface area contributed by atoms with Crippen molar-refractivity contribution >= 4 is 11.7 Å². The molecule has 0 bridgehead atoms. The lowest BCUT2D eigenvalue weighted by atomic mass is 10.2. The summed E-state index contributed by atoms with van der Waals surface area (Å²) in [4.78, 5) is 15.5. The monoisotopic (exact) mass is 295 g/mol. The van der Waals surface area contributed by atoms with Crippen LogP contribution in [-0.4, -0.2) is 11.0 Å². The predicted octanol–water partition coefficient (Wildman–Crippen LogP) is 3.42. The maximum absolute atomic E-state index is 12.4. The van der Waals surface area contributed by atoms with E-state index in [0.717, 1.165) is 17.7 Å². The van der Waals surface area contributed by atoms with E-state index < -0.39 is 17.8 Å². The van der Waals surface area contributed by atoms with Crippen molar-refractivity contribution in [1.29, 1.82) is 0 Å². The number of rotatable bonds is 3. The van der Waals surface area contributed by atoms with Gasteiger partial charge in [-0.3, -0.25) is 4.98 Å². The topological polar surface area (TPSA) is 54.0 Å². The van der Waals surface area contributed by atoms with Gasteiger partial charge in [-0.25, -0.2) is 4.79 Å². The standard InChI is InChI=1S/C14H12F3N3O/c15-14(16,17)11-3-5-12(6-4-11)20-13(21)19-9-10-2-1-7-18-8-10/h1-8H,9H2,(H2,19,20,21). The van der Waals surface area contributed by atoms with Crippen molar-refractivity contribution in [2.45, 2.75) is 12.7 Å². The van der Waals surface area contributed by atoms with Crippen LogP contribution in [0.4, 0.5) is 23.7 Å². The van der Waals surface area contributed by atoms with E-state index in [2.05, 4.69) is 15.6 Å². The number of nitrogens with zero attached hydrogens (tertiary/aromatic N) is 1. The second-order valence-corrected chi connectivity index (χ2v) is 4.24. The Kier molecular flexibility index (Phi) is 4.42. The molecule has 0 aliphatic rings. The Bertz CT molecular complexity index is 597. The molecule has 21 heavy (non-hydrogen) atoms. The summed E-state index contributed by atoms with van der Waals surface area (Å²) < 4.78 is 37.2. The average Bonchev–Trinajstić information content (AvgIpc) is 2.46. The summed E-state index contributed by atoms with van der Waals surface area (Å²) in [5.74, 6) is 0. The summed E-state index contributed by atoms with van der Waals surface area (Å²) >= 11 is 0. The molecule has 2 aromatic rings. The van der Waals surface area contributed by atoms with E-state index in [4.69, 9.17) is 0 Å². The van der Waals surface area contributed by atoms with Crippen molar-refractivity contribution < 1.29 is 18.0 Å². The van der Waals surface area contributed by atoms with Crippen molar-refractivity contribution in [2.75, 3.05) is 5.32 Å². The number of hydrogen-bond donors (Lipinski definition) is 2. The molecule has 1 aromatic carbocycles. The summed E-state index contributed by atoms with van der Waals surface area (Å²) in [5.41, 5.74) is 0.343. The van der Waals surface area contributed by atoms with E-state index in [9.17, 15) is 18.0 Å². The van der Waals surface area contributed by atoms with Crippen molar-refractivity contribution in [3.8, 4) is 0 Å². The zero-order valence-electron chi connectivity index (χ0n) is 10.8. The first kappa shape index (κ1) is 14.8. The third-order valence-corrected chi connectivity index (χ3v) is 2.65. The van der Waals surface area contributed by atoms with Crippen LogP contribution >= 0.6 is 0 Å². The minimum atomic E-state index is -4.39. The van der Waals surface area contributed by atoms with Gasteiger partial charge >= 0.3 is 12.2 Å². The van der Waals surface area contributed by atoms with Gasteiger partial charge in [0.15, 0.2) is 0 Å². The zero-order chi connectivity index (χ0) is 15.3. The Hall–Kier alpha value is -2.57. The normalized spacial score (nSPS) is 11.0. The molecule has 2 N–H and O–H groups in total. The van der Waals surface area contributed by atoms with Crippen LogP contribution in [0.5, 0.6) is 0 Å². The molecule has 0 saturated heterocycles. The smallest absolute Gasteiger partial charge is 0.334 e. The molecule has 1 aromatic heterocycles. The fourth-order valence-corrected chi connectivity index (χ4v) is 1.60. The number of anilines is 1. The lowest BCUT2D eigenvalue weighted by Gasteiger charge is -2.09. The molecule has 1 heterocycles. The molecular weight excluding hydrogens is 283 g/mol. The fraction of sp³-hybridized carbons (Fsp3) is 0.143. The minimum Gasteiger partial charge on any atom is -0.334 e. The van der Waals surface area contributed by atoms with Crippen molar-refractivity contribution in [3.63, 3.8) is 0 Å². The number of alkyl halides is 3. The first-order valence-corrected chi connectivity index (χ1v) is 6.06. The molecule has 2 amide bonds. The Morgan fingerprint density at radius 1 is 1.14 bits per heavy atom. The number of carbonyl (C=O) groups is 1. The van der Waals surface area contributed by atoms with Gasteiger partial charge in [-0.2, -0.15) is 13.2 Å². The average molecular weight is 295 g/mol. The van der Waals surface area contributed by atoms with Crippen LogP contribution in [0.1, 0.15) is 11.1 Å². The highest BCUT2D eigenvalue weighted by Crippen LogP contribution is 2.29. The number of aromatic nitrogens is 1. The molecule has 4 nitrogen and oxygen atoms in total. The summed E-state index contributed by atoms with van der Waals surface area (Å²) in [6.45, 7) is 0.278. The molecule has 0 atom stereocenters. The van der Waals surface area contributed by atoms with Crippen LogP contribution in [0.25, 0.3) is 0 Å². The van der Waals surface area contributed by atoms with E-state index in [-0.39, 0.29) is 12.2 Å². The predicted molar refractivity (Wildman–Crippen MR) is 71.5 cm³/mol. The highest BCUT2D eigenvalue weighted by Gasteiger charge is 2.29. The van der Waals surface area contributed by atoms with E-state index >= 15 is 0 Å². The molecule has 0 unspecified atom stereocenters. The molecule has 0 fully saturated rings. The van der Waals surface area contributed by atoms with Gasteiger partial charge in [0.05, 0.1) is 5.56 Å². The highest BCUT2D eigenvalue weighted by molar-refractivity contribution is 5.89. The van der Waals surface area contributed by atoms with Crippen molar-refractivity contribution in [3.05, 3.63) is 59.9 Å². The molecular formula is C14H12F3N3O. The van der Waals surface area contributed by atoms with Crippen LogP contribution < -0.4 is 10.6 Å². The second-order valence-electron chi connectivity index (χ2n) is 4.24. The number of carbonyl (C=O) groups excluding carboxylic acids is 1. The van der Waals surface area contributed by atoms with Gasteiger partial charge < -0.3 is 10.6 Å². The van der Waals surface area contributed by atoms with Crippen LogP contribution in [0.15, 0.2) is 48.8 Å². The van der Waals surface area contributed by atoms with Gasteiger partial charge in [-0.15, -0.1) is 0 Å². The Labute approximate surface area is 119 Å². The first-order valence-electron chi connectivity index (χ1n) is 6.06. The maximum Gasteiger partial charge on any atom is 0.416 e. The number of halogens is 3. The van der Waals surface area contributed by atoms with E-state index in [1.807, 2.05) is 0 Å². The quantitative estimate of drug-likeness (QED) is 0.911. The first-order chi connectivity index (χ1) is 9.95. The van der Waals surface area contributed by atoms with Gasteiger partial charge in [0.1, 0.15) is 0 Å². The molecule has 2 rings (SSSR count). The lowest BCUT2D eigenvalue weighted by molar-refractivity contribution is -0.137. The third-order valence-electron chi connectivity index (χ3n) is 2.65. The molecule has 0 aliphatic heterocycles. The molecule has 0 saturated carbocycles. The minimum absolute atomic E-state index is 0.278. The van der Waals surface area contributed by atoms with Crippen LogP contribution in [0, 0.1) is 0 Å². The van der Waals surface area contributed by atoms with Gasteiger partial charge in [0, 0.05) is 24.6 Å². The lowest BCUT2D eigenvalue weighted by Crippen LogP contribution is -2.28. The number of benzene rings is 1. The second kappa shape index (κ2) is 6.25. The van der Waals surface area contributed by atoms with Crippen molar-refractivity contribution in [2.24, 2.45) is 0 Å². The van der Waals surface area contributed by atoms with Gasteiger partial charge in [0.2, 0.25) is 0 Å². The number of nitrogens with one attached hydrogen (secondary N) is 2. The summed E-state index contributed by atoms with van der Waals surface area (Å²) in [6, 6.07) is 7.27. The summed E-state index contributed by atoms with van der Waals surface area (Å²) in [7, 11) is 0. The number of amides is 2. The SMILES string of the molecule is O=C(NCc1cccnc1)Nc1ccc(C(F)(F)F)cc1. The third kappa shape index (κ3) is 4.48. The largest absolute Gasteiger partial charge is 0.416 e. The maximum atomic E-state index is 12.4. The van der Waals surface area contributed by atoms with Crippen LogP contribution in [-0.2, 0) is 12.7 Å². The summed E-state index contributed by atoms with van der Waals surface area (Å²) in [6.07, 6.45) is -1.16. The van der Waals surface area contributed by atoms with Crippen molar-refractivity contribution in [1.82, 2.24) is 10.3 Å². The van der Waals surface area contributed by atoms with E-state index in [1.54, 1.807) is 24.5 Å². The number of pyridine rings is 1. The van der Waals surface area contributed by atoms with Crippen LogP contribution in [0.2, 0.25) is 0 Å². The highest BCUT2D eigenvalue weighted by atomic mass is 19.4. The fourth-order valence-electron chi connectivity index (χ4n) is 1.60. The summed E-state index contributed by atoms with van der Waals surface area (Å²) in [5, 5.41) is 5.03. The zero-order valence-corrected chi connectivity index (χ0v) is 10.8. The molecule has 0 aliphatic carbocycles. The van der Waals surface area contributed by atoms with Gasteiger partial charge in [-0.05, 0) is 35.9 Å². The number of hydrogen-bond acceptors (Lipinski definition) is 2.